The number of fused-ring (bicyclic) bond motifs is 1. The molecule has 8 heteroatoms. The summed E-state index contributed by atoms with van der Waals surface area (Å²) in [5, 5.41) is 15.2. The maximum atomic E-state index is 10.1. The average Bonchev–Trinajstić information content (AvgIpc) is 3.56. The molecule has 0 radical (unpaired) electrons. The highest BCUT2D eigenvalue weighted by atomic mass is 35.5. The van der Waals surface area contributed by atoms with Gasteiger partial charge in [-0.25, -0.2) is 4.68 Å². The van der Waals surface area contributed by atoms with Crippen LogP contribution >= 0.6 is 11.6 Å². The molecule has 5 rings (SSSR count). The number of rotatable bonds is 7. The van der Waals surface area contributed by atoms with Gasteiger partial charge in [0.1, 0.15) is 12.9 Å². The molecule has 1 unspecified atom stereocenters. The van der Waals surface area contributed by atoms with Crippen molar-refractivity contribution in [2.45, 2.75) is 25.5 Å². The fourth-order valence-corrected chi connectivity index (χ4v) is 3.76. The van der Waals surface area contributed by atoms with Crippen LogP contribution in [0, 0.1) is 5.92 Å². The predicted molar refractivity (Wildman–Crippen MR) is 120 cm³/mol. The van der Waals surface area contributed by atoms with Crippen LogP contribution in [0.2, 0.25) is 5.02 Å². The van der Waals surface area contributed by atoms with E-state index in [0.717, 1.165) is 35.5 Å². The Morgan fingerprint density at radius 1 is 1.19 bits per heavy atom. The second-order valence-electron chi connectivity index (χ2n) is 7.84. The summed E-state index contributed by atoms with van der Waals surface area (Å²) in [6, 6.07) is 11.6. The number of aliphatic hydroxyl groups excluding tert-OH is 1. The maximum absolute atomic E-state index is 10.1. The first-order chi connectivity index (χ1) is 15.1. The van der Waals surface area contributed by atoms with Crippen molar-refractivity contribution in [3.63, 3.8) is 0 Å². The molecule has 1 aliphatic heterocycles. The number of pyridine rings is 1. The highest BCUT2D eigenvalue weighted by Crippen LogP contribution is 2.36. The summed E-state index contributed by atoms with van der Waals surface area (Å²) in [7, 11) is 1.62. The number of methoxy groups -OCH3 is 1. The molecular weight excluding hydrogens is 416 g/mol. The fourth-order valence-electron chi connectivity index (χ4n) is 3.65. The van der Waals surface area contributed by atoms with E-state index >= 15 is 0 Å². The van der Waals surface area contributed by atoms with Crippen LogP contribution in [-0.2, 0) is 6.54 Å². The molecule has 2 aliphatic rings. The lowest BCUT2D eigenvalue weighted by molar-refractivity contribution is 0.0880. The Labute approximate surface area is 185 Å². The lowest BCUT2D eigenvalue weighted by Crippen LogP contribution is -2.26. The maximum Gasteiger partial charge on any atom is 0.162 e. The Morgan fingerprint density at radius 2 is 2.06 bits per heavy atom. The van der Waals surface area contributed by atoms with Gasteiger partial charge in [-0.2, -0.15) is 5.10 Å². The molecule has 1 N–H and O–H groups in total. The van der Waals surface area contributed by atoms with Gasteiger partial charge in [0.05, 0.1) is 36.2 Å². The number of hydrogen-bond donors (Lipinski definition) is 1. The van der Waals surface area contributed by atoms with Gasteiger partial charge in [0, 0.05) is 29.7 Å². The Morgan fingerprint density at radius 3 is 2.81 bits per heavy atom. The lowest BCUT2D eigenvalue weighted by Gasteiger charge is -2.24. The summed E-state index contributed by atoms with van der Waals surface area (Å²) in [6.45, 7) is 0.932. The summed E-state index contributed by atoms with van der Waals surface area (Å²) in [4.78, 5) is 6.43. The first-order valence-corrected chi connectivity index (χ1v) is 10.6. The van der Waals surface area contributed by atoms with Crippen LogP contribution in [0.15, 0.2) is 53.9 Å². The molecule has 0 saturated heterocycles. The van der Waals surface area contributed by atoms with E-state index in [1.165, 1.54) is 0 Å². The Kier molecular flexibility index (Phi) is 5.29. The number of benzene rings is 1. The van der Waals surface area contributed by atoms with E-state index in [4.69, 9.17) is 21.1 Å². The van der Waals surface area contributed by atoms with Crippen molar-refractivity contribution in [1.82, 2.24) is 9.66 Å². The SMILES string of the molecule is COc1cc(N2C=Nn3cc(-c4ccc(Cl)cn4)cc3C2)ccc1OCC(O)C1CC1. The molecule has 2 aromatic heterocycles. The number of halogens is 1. The predicted octanol–water partition coefficient (Wildman–Crippen LogP) is 4.17. The van der Waals surface area contributed by atoms with E-state index in [1.54, 1.807) is 19.6 Å². The van der Waals surface area contributed by atoms with Crippen molar-refractivity contribution >= 4 is 23.6 Å². The molecule has 160 valence electrons. The minimum absolute atomic E-state index is 0.278. The zero-order valence-electron chi connectivity index (χ0n) is 17.1. The molecule has 0 spiro atoms. The van der Waals surface area contributed by atoms with Crippen molar-refractivity contribution in [3.05, 3.63) is 59.5 Å². The summed E-state index contributed by atoms with van der Waals surface area (Å²) < 4.78 is 13.2. The topological polar surface area (TPSA) is 72.1 Å². The molecule has 1 fully saturated rings. The number of hydrogen-bond acceptors (Lipinski definition) is 6. The number of aromatic nitrogens is 2. The zero-order chi connectivity index (χ0) is 21.4. The number of nitrogens with zero attached hydrogens (tertiary/aromatic N) is 4. The number of aliphatic hydroxyl groups is 1. The monoisotopic (exact) mass is 438 g/mol. The Balaban J connectivity index is 1.32. The van der Waals surface area contributed by atoms with Gasteiger partial charge in [-0.15, -0.1) is 0 Å². The van der Waals surface area contributed by atoms with Gasteiger partial charge in [0.15, 0.2) is 11.5 Å². The second kappa shape index (κ2) is 8.24. The number of anilines is 1. The first-order valence-electron chi connectivity index (χ1n) is 10.2. The highest BCUT2D eigenvalue weighted by molar-refractivity contribution is 6.30. The van der Waals surface area contributed by atoms with E-state index in [0.29, 0.717) is 29.0 Å². The van der Waals surface area contributed by atoms with Crippen molar-refractivity contribution in [1.29, 1.82) is 0 Å². The van der Waals surface area contributed by atoms with Gasteiger partial charge < -0.3 is 19.5 Å². The number of ether oxygens (including phenoxy) is 2. The van der Waals surface area contributed by atoms with E-state index in [9.17, 15) is 5.11 Å². The molecule has 0 bridgehead atoms. The van der Waals surface area contributed by atoms with Gasteiger partial charge in [0.2, 0.25) is 0 Å². The van der Waals surface area contributed by atoms with Crippen LogP contribution in [0.4, 0.5) is 5.69 Å². The smallest absolute Gasteiger partial charge is 0.162 e. The van der Waals surface area contributed by atoms with Crippen LogP contribution in [0.5, 0.6) is 11.5 Å². The van der Waals surface area contributed by atoms with Gasteiger partial charge in [-0.1, -0.05) is 11.6 Å². The van der Waals surface area contributed by atoms with Crippen molar-refractivity contribution in [2.75, 3.05) is 18.6 Å². The minimum Gasteiger partial charge on any atom is -0.493 e. The van der Waals surface area contributed by atoms with Gasteiger partial charge in [-0.05, 0) is 49.1 Å². The average molecular weight is 439 g/mol. The van der Waals surface area contributed by atoms with Crippen LogP contribution < -0.4 is 14.4 Å². The van der Waals surface area contributed by atoms with E-state index < -0.39 is 6.10 Å². The van der Waals surface area contributed by atoms with Crippen LogP contribution in [0.25, 0.3) is 11.3 Å². The van der Waals surface area contributed by atoms with Crippen molar-refractivity contribution in [2.24, 2.45) is 11.0 Å². The normalized spacial score (nSPS) is 16.2. The molecule has 1 saturated carbocycles. The molecule has 1 aromatic carbocycles. The largest absolute Gasteiger partial charge is 0.493 e. The molecule has 0 amide bonds. The van der Waals surface area contributed by atoms with Gasteiger partial charge >= 0.3 is 0 Å². The summed E-state index contributed by atoms with van der Waals surface area (Å²) >= 11 is 5.95. The summed E-state index contributed by atoms with van der Waals surface area (Å²) in [5.41, 5.74) is 3.82. The third-order valence-electron chi connectivity index (χ3n) is 5.60. The molecule has 7 nitrogen and oxygen atoms in total. The van der Waals surface area contributed by atoms with E-state index in [1.807, 2.05) is 46.1 Å². The fraction of sp³-hybridized carbons (Fsp3) is 0.304. The molecule has 1 atom stereocenters. The zero-order valence-corrected chi connectivity index (χ0v) is 17.9. The standard InChI is InChI=1S/C23H23ClN4O3/c1-30-23-9-18(5-7-22(23)31-13-21(29)15-2-3-15)27-12-19-8-16(11-28(19)26-14-27)20-6-4-17(24)10-25-20/h4-11,14-15,21,29H,2-3,12-13H2,1H3. The van der Waals surface area contributed by atoms with Crippen LogP contribution in [-0.4, -0.2) is 40.9 Å². The van der Waals surface area contributed by atoms with Crippen LogP contribution in [0.1, 0.15) is 18.5 Å². The minimum atomic E-state index is -0.421. The third kappa shape index (κ3) is 4.24. The van der Waals surface area contributed by atoms with Crippen molar-refractivity contribution in [3.8, 4) is 22.8 Å². The molecule has 1 aliphatic carbocycles. The Bertz CT molecular complexity index is 1110. The van der Waals surface area contributed by atoms with Crippen LogP contribution in [0.3, 0.4) is 0 Å². The Hall–Kier alpha value is -3.03. The van der Waals surface area contributed by atoms with Crippen molar-refractivity contribution < 1.29 is 14.6 Å². The molecular formula is C23H23ClN4O3. The molecule has 3 aromatic rings. The highest BCUT2D eigenvalue weighted by Gasteiger charge is 2.30. The summed E-state index contributed by atoms with van der Waals surface area (Å²) in [5.74, 6) is 1.62. The molecule has 3 heterocycles. The quantitative estimate of drug-likeness (QED) is 0.599. The van der Waals surface area contributed by atoms with E-state index in [2.05, 4.69) is 16.2 Å². The lowest BCUT2D eigenvalue weighted by atomic mass is 10.2. The second-order valence-corrected chi connectivity index (χ2v) is 8.27. The van der Waals surface area contributed by atoms with Gasteiger partial charge in [0.25, 0.3) is 0 Å². The molecule has 31 heavy (non-hydrogen) atoms. The van der Waals surface area contributed by atoms with Gasteiger partial charge in [-0.3, -0.25) is 4.98 Å². The third-order valence-corrected chi connectivity index (χ3v) is 5.83. The first kappa shape index (κ1) is 19.9. The summed E-state index contributed by atoms with van der Waals surface area (Å²) in [6.07, 6.45) is 7.12. The van der Waals surface area contributed by atoms with E-state index in [-0.39, 0.29) is 6.61 Å².